The van der Waals surface area contributed by atoms with Crippen LogP contribution in [0.4, 0.5) is 0 Å². The molecule has 2 heterocycles. The summed E-state index contributed by atoms with van der Waals surface area (Å²) in [5, 5.41) is 2.23. The van der Waals surface area contributed by atoms with Gasteiger partial charge in [-0.25, -0.2) is 9.79 Å². The van der Waals surface area contributed by atoms with E-state index in [4.69, 9.17) is 9.73 Å². The molecule has 1 aliphatic rings. The number of esters is 1. The summed E-state index contributed by atoms with van der Waals surface area (Å²) in [5.41, 5.74) is 3.96. The zero-order valence-electron chi connectivity index (χ0n) is 23.0. The van der Waals surface area contributed by atoms with Gasteiger partial charge in [0.05, 0.1) is 29.0 Å². The van der Waals surface area contributed by atoms with Crippen LogP contribution >= 0.6 is 45.7 Å². The van der Waals surface area contributed by atoms with Crippen LogP contribution in [0.25, 0.3) is 16.8 Å². The SMILES string of the molecule is CCC1=C(C(=O)OC)[C@H](c2ccccc2)n2c(s/c(=C\c3ccc(SCc4ccc(I)cc4)c4ccccc34)c2=O)=N1. The molecule has 5 aromatic rings. The minimum atomic E-state index is -0.608. The van der Waals surface area contributed by atoms with Crippen molar-refractivity contribution in [2.75, 3.05) is 7.11 Å². The summed E-state index contributed by atoms with van der Waals surface area (Å²) in [4.78, 5) is 33.6. The average molecular weight is 703 g/mol. The molecule has 0 fully saturated rings. The number of benzene rings is 4. The van der Waals surface area contributed by atoms with E-state index in [2.05, 4.69) is 77.2 Å². The fourth-order valence-corrected chi connectivity index (χ4v) is 7.63. The Hall–Kier alpha value is -3.47. The molecule has 5 nitrogen and oxygen atoms in total. The Labute approximate surface area is 265 Å². The predicted molar refractivity (Wildman–Crippen MR) is 180 cm³/mol. The molecule has 210 valence electrons. The van der Waals surface area contributed by atoms with Crippen molar-refractivity contribution in [3.63, 3.8) is 0 Å². The standard InChI is InChI=1S/C34H27IN2O3S2/c1-3-27-30(33(39)40-2)31(22-9-5-4-6-10-22)37-32(38)29(42-34(37)36-27)19-23-15-18-28(26-12-8-7-11-25(23)26)41-20-21-13-16-24(35)17-14-21/h4-19,31H,3,20H2,1-2H3/b29-19-/t31-/m0/s1. The lowest BCUT2D eigenvalue weighted by Gasteiger charge is -2.25. The van der Waals surface area contributed by atoms with Gasteiger partial charge in [-0.3, -0.25) is 9.36 Å². The second-order valence-corrected chi connectivity index (χ2v) is 13.1. The summed E-state index contributed by atoms with van der Waals surface area (Å²) in [5.74, 6) is 0.406. The molecule has 0 amide bonds. The van der Waals surface area contributed by atoms with E-state index in [0.29, 0.717) is 27.0 Å². The van der Waals surface area contributed by atoms with Crippen LogP contribution in [-0.4, -0.2) is 17.6 Å². The second-order valence-electron chi connectivity index (χ2n) is 9.81. The minimum absolute atomic E-state index is 0.176. The van der Waals surface area contributed by atoms with Gasteiger partial charge in [0.1, 0.15) is 0 Å². The van der Waals surface area contributed by atoms with Gasteiger partial charge in [0.25, 0.3) is 5.56 Å². The number of allylic oxidation sites excluding steroid dienone is 1. The lowest BCUT2D eigenvalue weighted by atomic mass is 9.95. The average Bonchev–Trinajstić information content (AvgIpc) is 3.34. The molecule has 0 aliphatic carbocycles. The molecule has 4 aromatic carbocycles. The second kappa shape index (κ2) is 12.4. The Balaban J connectivity index is 1.46. The summed E-state index contributed by atoms with van der Waals surface area (Å²) >= 11 is 5.49. The summed E-state index contributed by atoms with van der Waals surface area (Å²) < 4.78 is 8.60. The maximum absolute atomic E-state index is 14.0. The Morgan fingerprint density at radius 2 is 1.71 bits per heavy atom. The van der Waals surface area contributed by atoms with Gasteiger partial charge in [-0.15, -0.1) is 11.8 Å². The zero-order chi connectivity index (χ0) is 29.2. The van der Waals surface area contributed by atoms with Crippen molar-refractivity contribution in [3.05, 3.63) is 142 Å². The van der Waals surface area contributed by atoms with E-state index in [1.54, 1.807) is 4.57 Å². The van der Waals surface area contributed by atoms with Crippen LogP contribution in [0.2, 0.25) is 0 Å². The normalized spacial score (nSPS) is 15.0. The number of carbonyl (C=O) groups excluding carboxylic acids is 1. The van der Waals surface area contributed by atoms with E-state index in [1.807, 2.05) is 61.2 Å². The Kier molecular flexibility index (Phi) is 8.46. The number of rotatable bonds is 7. The molecule has 0 bridgehead atoms. The first-order valence-electron chi connectivity index (χ1n) is 13.6. The first kappa shape index (κ1) is 28.6. The van der Waals surface area contributed by atoms with E-state index in [0.717, 1.165) is 27.7 Å². The molecule has 0 saturated heterocycles. The lowest BCUT2D eigenvalue weighted by molar-refractivity contribution is -0.136. The third kappa shape index (κ3) is 5.50. The topological polar surface area (TPSA) is 60.7 Å². The molecular formula is C34H27IN2O3S2. The van der Waals surface area contributed by atoms with Gasteiger partial charge in [0, 0.05) is 14.2 Å². The molecule has 0 radical (unpaired) electrons. The molecule has 6 rings (SSSR count). The van der Waals surface area contributed by atoms with E-state index < -0.39 is 12.0 Å². The highest BCUT2D eigenvalue weighted by atomic mass is 127. The quantitative estimate of drug-likeness (QED) is 0.106. The first-order chi connectivity index (χ1) is 20.5. The van der Waals surface area contributed by atoms with Crippen molar-refractivity contribution < 1.29 is 9.53 Å². The van der Waals surface area contributed by atoms with Gasteiger partial charge in [0.15, 0.2) is 4.80 Å². The van der Waals surface area contributed by atoms with Crippen LogP contribution in [0, 0.1) is 3.57 Å². The molecule has 0 unspecified atom stereocenters. The van der Waals surface area contributed by atoms with E-state index in [9.17, 15) is 9.59 Å². The number of hydrogen-bond acceptors (Lipinski definition) is 6. The van der Waals surface area contributed by atoms with Crippen molar-refractivity contribution >= 4 is 68.5 Å². The fourth-order valence-electron chi connectivity index (χ4n) is 5.24. The first-order valence-corrected chi connectivity index (χ1v) is 16.4. The third-order valence-corrected chi connectivity index (χ3v) is 10.1. The molecule has 1 atom stereocenters. The highest BCUT2D eigenvalue weighted by molar-refractivity contribution is 14.1. The number of hydrogen-bond donors (Lipinski definition) is 0. The molecule has 8 heteroatoms. The van der Waals surface area contributed by atoms with Crippen molar-refractivity contribution in [2.45, 2.75) is 30.0 Å². The van der Waals surface area contributed by atoms with Gasteiger partial charge in [0.2, 0.25) is 0 Å². The van der Waals surface area contributed by atoms with Gasteiger partial charge in [-0.1, -0.05) is 91.1 Å². The highest BCUT2D eigenvalue weighted by Crippen LogP contribution is 2.34. The van der Waals surface area contributed by atoms with Crippen LogP contribution in [0.1, 0.15) is 36.1 Å². The van der Waals surface area contributed by atoms with Gasteiger partial charge < -0.3 is 4.74 Å². The molecule has 0 N–H and O–H groups in total. The molecule has 0 spiro atoms. The number of nitrogens with zero attached hydrogens (tertiary/aromatic N) is 2. The summed E-state index contributed by atoms with van der Waals surface area (Å²) in [7, 11) is 1.36. The van der Waals surface area contributed by atoms with Crippen molar-refractivity contribution in [1.29, 1.82) is 0 Å². The van der Waals surface area contributed by atoms with Crippen LogP contribution in [0.3, 0.4) is 0 Å². The Morgan fingerprint density at radius 1 is 1.00 bits per heavy atom. The summed E-state index contributed by atoms with van der Waals surface area (Å²) in [6, 6.07) is 30.2. The number of fused-ring (bicyclic) bond motifs is 2. The number of carbonyl (C=O) groups is 1. The minimum Gasteiger partial charge on any atom is -0.466 e. The number of thiazole rings is 1. The Morgan fingerprint density at radius 3 is 2.43 bits per heavy atom. The van der Waals surface area contributed by atoms with E-state index in [1.165, 1.54) is 32.5 Å². The molecule has 42 heavy (non-hydrogen) atoms. The molecule has 0 saturated carbocycles. The van der Waals surface area contributed by atoms with Crippen molar-refractivity contribution in [3.8, 4) is 0 Å². The van der Waals surface area contributed by atoms with Gasteiger partial charge in [-0.05, 0) is 80.7 Å². The monoisotopic (exact) mass is 702 g/mol. The number of halogens is 1. The lowest BCUT2D eigenvalue weighted by Crippen LogP contribution is -2.40. The highest BCUT2D eigenvalue weighted by Gasteiger charge is 2.33. The number of aromatic nitrogens is 1. The number of methoxy groups -OCH3 is 1. The van der Waals surface area contributed by atoms with Crippen LogP contribution in [-0.2, 0) is 15.3 Å². The summed E-state index contributed by atoms with van der Waals surface area (Å²) in [6.45, 7) is 1.96. The smallest absolute Gasteiger partial charge is 0.338 e. The largest absolute Gasteiger partial charge is 0.466 e. The Bertz CT molecular complexity index is 2010. The van der Waals surface area contributed by atoms with Crippen molar-refractivity contribution in [2.24, 2.45) is 4.99 Å². The van der Waals surface area contributed by atoms with Crippen molar-refractivity contribution in [1.82, 2.24) is 4.57 Å². The maximum Gasteiger partial charge on any atom is 0.338 e. The van der Waals surface area contributed by atoms with Gasteiger partial charge in [-0.2, -0.15) is 0 Å². The maximum atomic E-state index is 14.0. The van der Waals surface area contributed by atoms with E-state index in [-0.39, 0.29) is 5.56 Å². The third-order valence-electron chi connectivity index (χ3n) is 7.28. The van der Waals surface area contributed by atoms with Crippen LogP contribution < -0.4 is 14.9 Å². The number of thioether (sulfide) groups is 1. The number of ether oxygens (including phenoxy) is 1. The molecule has 1 aliphatic heterocycles. The van der Waals surface area contributed by atoms with Crippen LogP contribution in [0.5, 0.6) is 0 Å². The fraction of sp³-hybridized carbons (Fsp3) is 0.147. The zero-order valence-corrected chi connectivity index (χ0v) is 26.8. The van der Waals surface area contributed by atoms with E-state index >= 15 is 0 Å². The molecule has 1 aromatic heterocycles. The van der Waals surface area contributed by atoms with Gasteiger partial charge >= 0.3 is 5.97 Å². The summed E-state index contributed by atoms with van der Waals surface area (Å²) in [6.07, 6.45) is 2.50. The molecular weight excluding hydrogens is 675 g/mol. The van der Waals surface area contributed by atoms with Crippen LogP contribution in [0.15, 0.2) is 117 Å². The predicted octanol–water partition coefficient (Wildman–Crippen LogP) is 6.85.